The van der Waals surface area contributed by atoms with Crippen molar-refractivity contribution < 1.29 is 9.90 Å². The summed E-state index contributed by atoms with van der Waals surface area (Å²) in [6.07, 6.45) is 6.02. The van der Waals surface area contributed by atoms with Crippen LogP contribution in [0.5, 0.6) is 5.75 Å². The molecule has 2 heterocycles. The number of nitrogens with zero attached hydrogens (tertiary/aromatic N) is 4. The molecule has 0 saturated heterocycles. The second kappa shape index (κ2) is 6.04. The molecule has 4 rings (SSSR count). The minimum atomic E-state index is -0.358. The maximum Gasteiger partial charge on any atom is 0.296 e. The Hall–Kier alpha value is -3.16. The van der Waals surface area contributed by atoms with E-state index in [0.717, 1.165) is 12.8 Å². The Labute approximate surface area is 142 Å². The Kier molecular flexibility index (Phi) is 3.72. The van der Waals surface area contributed by atoms with Gasteiger partial charge in [-0.15, -0.1) is 10.2 Å². The first-order valence-electron chi connectivity index (χ1n) is 8.16. The van der Waals surface area contributed by atoms with Crippen molar-refractivity contribution in [3.05, 3.63) is 58.4 Å². The van der Waals surface area contributed by atoms with E-state index in [0.29, 0.717) is 24.4 Å². The first-order chi connectivity index (χ1) is 12.1. The van der Waals surface area contributed by atoms with Crippen molar-refractivity contribution in [1.29, 1.82) is 0 Å². The SMILES string of the molecule is O=C(NCCc1nnc2c(=O)n(C3CC3)ccn12)c1ccccc1O. The van der Waals surface area contributed by atoms with Crippen LogP contribution in [-0.4, -0.2) is 36.7 Å². The first-order valence-corrected chi connectivity index (χ1v) is 8.16. The number of phenols is 1. The van der Waals surface area contributed by atoms with Gasteiger partial charge < -0.3 is 15.0 Å². The number of para-hydroxylation sites is 1. The summed E-state index contributed by atoms with van der Waals surface area (Å²) >= 11 is 0. The van der Waals surface area contributed by atoms with E-state index in [1.807, 2.05) is 0 Å². The van der Waals surface area contributed by atoms with Crippen LogP contribution in [0.15, 0.2) is 41.5 Å². The quantitative estimate of drug-likeness (QED) is 0.719. The molecule has 0 atom stereocenters. The second-order valence-corrected chi connectivity index (χ2v) is 6.07. The van der Waals surface area contributed by atoms with Crippen LogP contribution >= 0.6 is 0 Å². The minimum absolute atomic E-state index is 0.0615. The van der Waals surface area contributed by atoms with Crippen LogP contribution in [0.1, 0.15) is 35.1 Å². The third-order valence-corrected chi connectivity index (χ3v) is 4.29. The second-order valence-electron chi connectivity index (χ2n) is 6.07. The number of rotatable bonds is 5. The highest BCUT2D eigenvalue weighted by Crippen LogP contribution is 2.33. The van der Waals surface area contributed by atoms with Gasteiger partial charge in [-0.25, -0.2) is 0 Å². The standard InChI is InChI=1S/C17H17N5O3/c23-13-4-2-1-3-12(13)16(24)18-8-7-14-19-20-15-17(25)21(11-5-6-11)9-10-22(14)15/h1-4,9-11,23H,5-8H2,(H,18,24). The van der Waals surface area contributed by atoms with Crippen molar-refractivity contribution in [1.82, 2.24) is 24.5 Å². The number of carbonyl (C=O) groups excluding carboxylic acids is 1. The van der Waals surface area contributed by atoms with E-state index in [2.05, 4.69) is 15.5 Å². The fourth-order valence-corrected chi connectivity index (χ4v) is 2.81. The fraction of sp³-hybridized carbons (Fsp3) is 0.294. The van der Waals surface area contributed by atoms with Crippen LogP contribution in [0.25, 0.3) is 5.65 Å². The van der Waals surface area contributed by atoms with Crippen molar-refractivity contribution in [2.24, 2.45) is 0 Å². The lowest BCUT2D eigenvalue weighted by Gasteiger charge is -2.07. The smallest absolute Gasteiger partial charge is 0.296 e. The molecule has 0 bridgehead atoms. The van der Waals surface area contributed by atoms with Gasteiger partial charge in [0.2, 0.25) is 5.65 Å². The fourth-order valence-electron chi connectivity index (χ4n) is 2.81. The maximum absolute atomic E-state index is 12.4. The molecular weight excluding hydrogens is 322 g/mol. The highest BCUT2D eigenvalue weighted by Gasteiger charge is 2.25. The number of aromatic hydroxyl groups is 1. The zero-order chi connectivity index (χ0) is 17.4. The minimum Gasteiger partial charge on any atom is -0.507 e. The van der Waals surface area contributed by atoms with Crippen molar-refractivity contribution in [2.75, 3.05) is 6.54 Å². The summed E-state index contributed by atoms with van der Waals surface area (Å²) in [6, 6.07) is 6.65. The van der Waals surface area contributed by atoms with Crippen LogP contribution in [0.3, 0.4) is 0 Å². The van der Waals surface area contributed by atoms with E-state index in [4.69, 9.17) is 0 Å². The van der Waals surface area contributed by atoms with Gasteiger partial charge in [0.25, 0.3) is 11.5 Å². The average Bonchev–Trinajstić information content (AvgIpc) is 3.36. The van der Waals surface area contributed by atoms with Gasteiger partial charge in [-0.1, -0.05) is 12.1 Å². The molecule has 8 heteroatoms. The lowest BCUT2D eigenvalue weighted by Crippen LogP contribution is -2.26. The van der Waals surface area contributed by atoms with Crippen LogP contribution in [0, 0.1) is 0 Å². The highest BCUT2D eigenvalue weighted by atomic mass is 16.3. The molecule has 1 amide bonds. The van der Waals surface area contributed by atoms with Crippen molar-refractivity contribution in [2.45, 2.75) is 25.3 Å². The summed E-state index contributed by atoms with van der Waals surface area (Å²) < 4.78 is 3.36. The summed E-state index contributed by atoms with van der Waals surface area (Å²) in [5.74, 6) is 0.184. The molecule has 0 aliphatic heterocycles. The van der Waals surface area contributed by atoms with Crippen molar-refractivity contribution in [3.8, 4) is 5.75 Å². The molecule has 1 aromatic carbocycles. The molecule has 2 N–H and O–H groups in total. The summed E-state index contributed by atoms with van der Waals surface area (Å²) in [5, 5.41) is 20.5. The Morgan fingerprint density at radius 3 is 2.80 bits per heavy atom. The summed E-state index contributed by atoms with van der Waals surface area (Å²) in [5.41, 5.74) is 0.388. The van der Waals surface area contributed by atoms with Gasteiger partial charge in [0.1, 0.15) is 11.6 Å². The van der Waals surface area contributed by atoms with Gasteiger partial charge in [-0.2, -0.15) is 0 Å². The molecule has 0 unspecified atom stereocenters. The molecule has 1 saturated carbocycles. The lowest BCUT2D eigenvalue weighted by atomic mass is 10.2. The Bertz CT molecular complexity index is 1000. The molecule has 1 fully saturated rings. The van der Waals surface area contributed by atoms with Gasteiger partial charge in [-0.3, -0.25) is 14.0 Å². The van der Waals surface area contributed by atoms with Gasteiger partial charge in [0, 0.05) is 31.4 Å². The zero-order valence-electron chi connectivity index (χ0n) is 13.4. The summed E-state index contributed by atoms with van der Waals surface area (Å²) in [7, 11) is 0. The lowest BCUT2D eigenvalue weighted by molar-refractivity contribution is 0.0951. The van der Waals surface area contributed by atoms with Crippen LogP contribution in [0.4, 0.5) is 0 Å². The highest BCUT2D eigenvalue weighted by molar-refractivity contribution is 5.96. The van der Waals surface area contributed by atoms with Crippen LogP contribution in [0.2, 0.25) is 0 Å². The van der Waals surface area contributed by atoms with E-state index < -0.39 is 0 Å². The topological polar surface area (TPSA) is 102 Å². The van der Waals surface area contributed by atoms with Gasteiger partial charge in [-0.05, 0) is 25.0 Å². The van der Waals surface area contributed by atoms with E-state index in [-0.39, 0.29) is 28.8 Å². The molecule has 2 aromatic heterocycles. The van der Waals surface area contributed by atoms with Crippen molar-refractivity contribution >= 4 is 11.6 Å². The Morgan fingerprint density at radius 1 is 1.24 bits per heavy atom. The maximum atomic E-state index is 12.4. The molecule has 0 radical (unpaired) electrons. The van der Waals surface area contributed by atoms with Crippen molar-refractivity contribution in [3.63, 3.8) is 0 Å². The van der Waals surface area contributed by atoms with E-state index in [9.17, 15) is 14.7 Å². The average molecular weight is 339 g/mol. The van der Waals surface area contributed by atoms with E-state index in [1.165, 1.54) is 6.07 Å². The summed E-state index contributed by atoms with van der Waals surface area (Å²) in [6.45, 7) is 0.319. The molecule has 1 aliphatic carbocycles. The number of benzene rings is 1. The molecule has 8 nitrogen and oxygen atoms in total. The zero-order valence-corrected chi connectivity index (χ0v) is 13.4. The van der Waals surface area contributed by atoms with E-state index >= 15 is 0 Å². The van der Waals surface area contributed by atoms with Crippen LogP contribution in [-0.2, 0) is 6.42 Å². The summed E-state index contributed by atoms with van der Waals surface area (Å²) in [4.78, 5) is 24.4. The number of hydrogen-bond acceptors (Lipinski definition) is 5. The molecule has 1 aliphatic rings. The monoisotopic (exact) mass is 339 g/mol. The molecule has 25 heavy (non-hydrogen) atoms. The number of phenolic OH excluding ortho intramolecular Hbond substituents is 1. The number of nitrogens with one attached hydrogen (secondary N) is 1. The number of fused-ring (bicyclic) bond motifs is 1. The third-order valence-electron chi connectivity index (χ3n) is 4.29. The predicted molar refractivity (Wildman–Crippen MR) is 89.7 cm³/mol. The molecule has 0 spiro atoms. The largest absolute Gasteiger partial charge is 0.507 e. The number of amides is 1. The first kappa shape index (κ1) is 15.4. The Morgan fingerprint density at radius 2 is 2.04 bits per heavy atom. The Balaban J connectivity index is 1.47. The van der Waals surface area contributed by atoms with E-state index in [1.54, 1.807) is 39.6 Å². The van der Waals surface area contributed by atoms with Gasteiger partial charge >= 0.3 is 0 Å². The number of carbonyl (C=O) groups is 1. The molecular formula is C17H17N5O3. The normalized spacial score (nSPS) is 13.9. The number of hydrogen-bond donors (Lipinski definition) is 2. The number of aromatic nitrogens is 4. The predicted octanol–water partition coefficient (Wildman–Crippen LogP) is 0.904. The van der Waals surface area contributed by atoms with Crippen LogP contribution < -0.4 is 10.9 Å². The van der Waals surface area contributed by atoms with Gasteiger partial charge in [0.05, 0.1) is 5.56 Å². The molecule has 3 aromatic rings. The third kappa shape index (κ3) is 2.86. The van der Waals surface area contributed by atoms with Gasteiger partial charge in [0.15, 0.2) is 0 Å². The molecule has 128 valence electrons.